The quantitative estimate of drug-likeness (QED) is 0.572. The molecule has 0 aromatic heterocycles. The van der Waals surface area contributed by atoms with E-state index in [0.29, 0.717) is 4.47 Å². The Labute approximate surface area is 78.3 Å². The molecule has 0 atom stereocenters. The number of nitrogen functional groups attached to an aromatic ring is 1. The molecule has 0 heterocycles. The van der Waals surface area contributed by atoms with Gasteiger partial charge in [0.1, 0.15) is 5.75 Å². The predicted octanol–water partition coefficient (Wildman–Crippen LogP) is 1.94. The van der Waals surface area contributed by atoms with Crippen molar-refractivity contribution in [2.75, 3.05) is 5.73 Å². The van der Waals surface area contributed by atoms with E-state index in [1.54, 1.807) is 6.07 Å². The molecule has 12 heavy (non-hydrogen) atoms. The first-order valence-corrected chi connectivity index (χ1v) is 4.10. The highest BCUT2D eigenvalue weighted by Gasteiger charge is 2.10. The Morgan fingerprint density at radius 1 is 1.58 bits per heavy atom. The second-order valence-electron chi connectivity index (χ2n) is 2.45. The summed E-state index contributed by atoms with van der Waals surface area (Å²) in [4.78, 5) is 10.9. The van der Waals surface area contributed by atoms with Crippen LogP contribution in [0.4, 0.5) is 5.69 Å². The molecule has 64 valence electrons. The predicted molar refractivity (Wildman–Crippen MR) is 50.2 cm³/mol. The number of aromatic hydroxyl groups is 1. The standard InChI is InChI=1S/C8H8BrNO2/c1-4(11)8-6(10)2-5(9)3-7(8)12/h2-3,12H,10H2,1H3. The van der Waals surface area contributed by atoms with Crippen molar-refractivity contribution in [3.05, 3.63) is 22.2 Å². The molecule has 1 rings (SSSR count). The van der Waals surface area contributed by atoms with E-state index in [0.717, 1.165) is 0 Å². The fourth-order valence-corrected chi connectivity index (χ4v) is 1.46. The van der Waals surface area contributed by atoms with Gasteiger partial charge >= 0.3 is 0 Å². The van der Waals surface area contributed by atoms with Crippen LogP contribution in [-0.2, 0) is 0 Å². The van der Waals surface area contributed by atoms with Crippen molar-refractivity contribution < 1.29 is 9.90 Å². The van der Waals surface area contributed by atoms with Gasteiger partial charge in [-0.2, -0.15) is 0 Å². The van der Waals surface area contributed by atoms with Crippen LogP contribution in [0.2, 0.25) is 0 Å². The van der Waals surface area contributed by atoms with E-state index in [1.807, 2.05) is 0 Å². The van der Waals surface area contributed by atoms with Crippen LogP contribution in [0.3, 0.4) is 0 Å². The highest BCUT2D eigenvalue weighted by molar-refractivity contribution is 9.10. The molecule has 0 amide bonds. The second-order valence-corrected chi connectivity index (χ2v) is 3.36. The first kappa shape index (κ1) is 9.06. The molecule has 4 heteroatoms. The van der Waals surface area contributed by atoms with E-state index in [4.69, 9.17) is 5.73 Å². The average Bonchev–Trinajstić information content (AvgIpc) is 1.82. The largest absolute Gasteiger partial charge is 0.507 e. The Balaban J connectivity index is 3.38. The van der Waals surface area contributed by atoms with Crippen LogP contribution in [0.1, 0.15) is 17.3 Å². The zero-order valence-corrected chi connectivity index (χ0v) is 8.05. The number of nitrogens with two attached hydrogens (primary N) is 1. The molecule has 0 bridgehead atoms. The van der Waals surface area contributed by atoms with Crippen LogP contribution in [0, 0.1) is 0 Å². The molecule has 0 aliphatic rings. The van der Waals surface area contributed by atoms with Gasteiger partial charge in [-0.25, -0.2) is 0 Å². The van der Waals surface area contributed by atoms with Gasteiger partial charge in [0.2, 0.25) is 0 Å². The third kappa shape index (κ3) is 1.58. The van der Waals surface area contributed by atoms with Crippen LogP contribution in [-0.4, -0.2) is 10.9 Å². The third-order valence-electron chi connectivity index (χ3n) is 1.46. The molecule has 1 aromatic carbocycles. The highest BCUT2D eigenvalue weighted by atomic mass is 79.9. The Kier molecular flexibility index (Phi) is 2.38. The van der Waals surface area contributed by atoms with Gasteiger partial charge < -0.3 is 10.8 Å². The maximum atomic E-state index is 10.9. The summed E-state index contributed by atoms with van der Waals surface area (Å²) in [6, 6.07) is 3.02. The van der Waals surface area contributed by atoms with Gasteiger partial charge in [0.05, 0.1) is 5.56 Å². The van der Waals surface area contributed by atoms with Crippen LogP contribution in [0.25, 0.3) is 0 Å². The summed E-state index contributed by atoms with van der Waals surface area (Å²) in [7, 11) is 0. The number of benzene rings is 1. The van der Waals surface area contributed by atoms with Gasteiger partial charge in [0, 0.05) is 10.2 Å². The SMILES string of the molecule is CC(=O)c1c(N)cc(Br)cc1O. The summed E-state index contributed by atoms with van der Waals surface area (Å²) >= 11 is 3.14. The molecule has 1 aromatic rings. The molecule has 0 fully saturated rings. The number of halogens is 1. The summed E-state index contributed by atoms with van der Waals surface area (Å²) in [5.41, 5.74) is 5.98. The van der Waals surface area contributed by atoms with Gasteiger partial charge in [-0.1, -0.05) is 15.9 Å². The van der Waals surface area contributed by atoms with Crippen LogP contribution < -0.4 is 5.73 Å². The Bertz CT molecular complexity index is 313. The number of Topliss-reactive ketones (excluding diaryl/α,β-unsaturated/α-hetero) is 1. The maximum Gasteiger partial charge on any atom is 0.165 e. The van der Waals surface area contributed by atoms with Crippen molar-refractivity contribution in [2.24, 2.45) is 0 Å². The lowest BCUT2D eigenvalue weighted by Crippen LogP contribution is -1.99. The van der Waals surface area contributed by atoms with E-state index in [9.17, 15) is 9.90 Å². The molecule has 0 saturated carbocycles. The molecule has 0 spiro atoms. The molecule has 0 aliphatic heterocycles. The molecule has 0 radical (unpaired) electrons. The van der Waals surface area contributed by atoms with E-state index >= 15 is 0 Å². The minimum Gasteiger partial charge on any atom is -0.507 e. The number of phenols is 1. The van der Waals surface area contributed by atoms with Gasteiger partial charge in [0.25, 0.3) is 0 Å². The number of carbonyl (C=O) groups is 1. The lowest BCUT2D eigenvalue weighted by atomic mass is 10.1. The van der Waals surface area contributed by atoms with Crippen LogP contribution in [0.5, 0.6) is 5.75 Å². The zero-order chi connectivity index (χ0) is 9.30. The van der Waals surface area contributed by atoms with Crippen molar-refractivity contribution in [1.29, 1.82) is 0 Å². The lowest BCUT2D eigenvalue weighted by molar-refractivity contribution is 0.101. The summed E-state index contributed by atoms with van der Waals surface area (Å²) in [5.74, 6) is -0.327. The maximum absolute atomic E-state index is 10.9. The van der Waals surface area contributed by atoms with E-state index in [-0.39, 0.29) is 22.8 Å². The lowest BCUT2D eigenvalue weighted by Gasteiger charge is -2.04. The number of hydrogen-bond acceptors (Lipinski definition) is 3. The van der Waals surface area contributed by atoms with Gasteiger partial charge in [0.15, 0.2) is 5.78 Å². The molecule has 3 nitrogen and oxygen atoms in total. The summed E-state index contributed by atoms with van der Waals surface area (Å²) in [6.07, 6.45) is 0. The van der Waals surface area contributed by atoms with Crippen molar-refractivity contribution in [3.63, 3.8) is 0 Å². The van der Waals surface area contributed by atoms with Crippen LogP contribution >= 0.6 is 15.9 Å². The van der Waals surface area contributed by atoms with Crippen molar-refractivity contribution in [1.82, 2.24) is 0 Å². The first-order valence-electron chi connectivity index (χ1n) is 3.31. The normalized spacial score (nSPS) is 9.83. The van der Waals surface area contributed by atoms with Crippen molar-refractivity contribution in [3.8, 4) is 5.75 Å². The van der Waals surface area contributed by atoms with E-state index < -0.39 is 0 Å². The van der Waals surface area contributed by atoms with Gasteiger partial charge in [-0.3, -0.25) is 4.79 Å². The topological polar surface area (TPSA) is 63.3 Å². The Morgan fingerprint density at radius 3 is 2.58 bits per heavy atom. The molecular weight excluding hydrogens is 222 g/mol. The number of anilines is 1. The number of phenolic OH excluding ortho intramolecular Hbond substituents is 1. The van der Waals surface area contributed by atoms with Gasteiger partial charge in [-0.05, 0) is 19.1 Å². The molecular formula is C8H8BrNO2. The summed E-state index contributed by atoms with van der Waals surface area (Å²) in [5, 5.41) is 9.31. The van der Waals surface area contributed by atoms with Gasteiger partial charge in [-0.15, -0.1) is 0 Å². The van der Waals surface area contributed by atoms with E-state index in [1.165, 1.54) is 13.0 Å². The molecule has 3 N–H and O–H groups in total. The highest BCUT2D eigenvalue weighted by Crippen LogP contribution is 2.28. The number of hydrogen-bond donors (Lipinski definition) is 2. The van der Waals surface area contributed by atoms with E-state index in [2.05, 4.69) is 15.9 Å². The monoisotopic (exact) mass is 229 g/mol. The Hall–Kier alpha value is -1.03. The third-order valence-corrected chi connectivity index (χ3v) is 1.92. The summed E-state index contributed by atoms with van der Waals surface area (Å²) in [6.45, 7) is 1.36. The minimum absolute atomic E-state index is 0.0885. The number of rotatable bonds is 1. The number of carbonyl (C=O) groups excluding carboxylic acids is 1. The molecule has 0 saturated heterocycles. The minimum atomic E-state index is -0.238. The first-order chi connectivity index (χ1) is 5.52. The molecule has 0 unspecified atom stereocenters. The zero-order valence-electron chi connectivity index (χ0n) is 6.47. The number of ketones is 1. The summed E-state index contributed by atoms with van der Waals surface area (Å²) < 4.78 is 0.655. The smallest absolute Gasteiger partial charge is 0.165 e. The van der Waals surface area contributed by atoms with Crippen molar-refractivity contribution >= 4 is 27.4 Å². The molecule has 0 aliphatic carbocycles. The van der Waals surface area contributed by atoms with Crippen LogP contribution in [0.15, 0.2) is 16.6 Å². The fraction of sp³-hybridized carbons (Fsp3) is 0.125. The fourth-order valence-electron chi connectivity index (χ4n) is 0.997. The average molecular weight is 230 g/mol. The van der Waals surface area contributed by atoms with Crippen molar-refractivity contribution in [2.45, 2.75) is 6.92 Å². The second kappa shape index (κ2) is 3.15. The Morgan fingerprint density at radius 2 is 2.17 bits per heavy atom.